The lowest BCUT2D eigenvalue weighted by molar-refractivity contribution is -0.120. The van der Waals surface area contributed by atoms with E-state index in [0.717, 1.165) is 0 Å². The van der Waals surface area contributed by atoms with Crippen LogP contribution in [0.5, 0.6) is 0 Å². The molecule has 1 unspecified atom stereocenters. The quantitative estimate of drug-likeness (QED) is 0.767. The fourth-order valence-electron chi connectivity index (χ4n) is 2.64. The number of primary amides is 1. The lowest BCUT2D eigenvalue weighted by atomic mass is 10.0. The molecule has 0 aliphatic carbocycles. The van der Waals surface area contributed by atoms with Gasteiger partial charge in [-0.05, 0) is 30.7 Å². The molecule has 5 nitrogen and oxygen atoms in total. The Morgan fingerprint density at radius 2 is 1.84 bits per heavy atom. The number of pyridine rings is 1. The molecule has 3 aromatic rings. The monoisotopic (exact) mass is 337 g/mol. The number of rotatable bonds is 4. The number of fused-ring (bicyclic) bond motifs is 1. The summed E-state index contributed by atoms with van der Waals surface area (Å²) in [6.45, 7) is 1.65. The third-order valence-corrected chi connectivity index (χ3v) is 3.91. The van der Waals surface area contributed by atoms with Crippen molar-refractivity contribution in [1.82, 2.24) is 10.3 Å². The van der Waals surface area contributed by atoms with E-state index in [-0.39, 0.29) is 0 Å². The van der Waals surface area contributed by atoms with E-state index in [1.165, 1.54) is 12.1 Å². The van der Waals surface area contributed by atoms with Crippen molar-refractivity contribution in [3.05, 3.63) is 77.2 Å². The van der Waals surface area contributed by atoms with Crippen LogP contribution in [0.4, 0.5) is 4.39 Å². The third-order valence-electron chi connectivity index (χ3n) is 3.91. The molecule has 3 N–H and O–H groups in total. The summed E-state index contributed by atoms with van der Waals surface area (Å²) in [7, 11) is 0. The average molecular weight is 337 g/mol. The molecule has 1 atom stereocenters. The first-order valence-corrected chi connectivity index (χ1v) is 7.68. The topological polar surface area (TPSA) is 85.1 Å². The van der Waals surface area contributed by atoms with Gasteiger partial charge in [0.2, 0.25) is 5.91 Å². The van der Waals surface area contributed by atoms with Crippen LogP contribution in [0.25, 0.3) is 10.9 Å². The number of amides is 2. The van der Waals surface area contributed by atoms with Gasteiger partial charge in [0.05, 0.1) is 16.8 Å². The van der Waals surface area contributed by atoms with E-state index < -0.39 is 23.7 Å². The maximum atomic E-state index is 13.3. The van der Waals surface area contributed by atoms with Crippen molar-refractivity contribution >= 4 is 22.7 Å². The number of benzene rings is 2. The third kappa shape index (κ3) is 3.47. The molecule has 0 saturated carbocycles. The molecule has 25 heavy (non-hydrogen) atoms. The Bertz CT molecular complexity index is 958. The van der Waals surface area contributed by atoms with Crippen LogP contribution in [0.3, 0.4) is 0 Å². The minimum absolute atomic E-state index is 0.307. The van der Waals surface area contributed by atoms with Crippen molar-refractivity contribution in [3.8, 4) is 0 Å². The number of aromatic nitrogens is 1. The first-order chi connectivity index (χ1) is 12.0. The Morgan fingerprint density at radius 1 is 1.12 bits per heavy atom. The molecule has 1 heterocycles. The van der Waals surface area contributed by atoms with Crippen LogP contribution in [-0.2, 0) is 4.79 Å². The van der Waals surface area contributed by atoms with Gasteiger partial charge in [-0.25, -0.2) is 4.39 Å². The van der Waals surface area contributed by atoms with E-state index in [9.17, 15) is 14.0 Å². The first kappa shape index (κ1) is 16.6. The van der Waals surface area contributed by atoms with Crippen molar-refractivity contribution in [2.75, 3.05) is 0 Å². The van der Waals surface area contributed by atoms with Crippen LogP contribution in [0.1, 0.15) is 27.7 Å². The minimum Gasteiger partial charge on any atom is -0.368 e. The van der Waals surface area contributed by atoms with Crippen LogP contribution < -0.4 is 11.1 Å². The smallest absolute Gasteiger partial charge is 0.254 e. The van der Waals surface area contributed by atoms with E-state index in [1.807, 2.05) is 0 Å². The fourth-order valence-corrected chi connectivity index (χ4v) is 2.64. The summed E-state index contributed by atoms with van der Waals surface area (Å²) in [6, 6.07) is 13.6. The van der Waals surface area contributed by atoms with Crippen LogP contribution in [-0.4, -0.2) is 16.8 Å². The number of aryl methyl sites for hydroxylation is 1. The number of carbonyl (C=O) groups excluding carboxylic acids is 2. The van der Waals surface area contributed by atoms with Crippen LogP contribution in [0.2, 0.25) is 0 Å². The first-order valence-electron chi connectivity index (χ1n) is 7.68. The molecular weight excluding hydrogens is 321 g/mol. The van der Waals surface area contributed by atoms with E-state index in [4.69, 9.17) is 5.73 Å². The van der Waals surface area contributed by atoms with E-state index >= 15 is 0 Å². The summed E-state index contributed by atoms with van der Waals surface area (Å²) in [5, 5.41) is 3.27. The van der Waals surface area contributed by atoms with Crippen molar-refractivity contribution in [3.63, 3.8) is 0 Å². The highest BCUT2D eigenvalue weighted by Gasteiger charge is 2.22. The largest absolute Gasteiger partial charge is 0.368 e. The van der Waals surface area contributed by atoms with E-state index in [1.54, 1.807) is 49.4 Å². The summed E-state index contributed by atoms with van der Waals surface area (Å²) in [6.07, 6.45) is 0. The zero-order valence-corrected chi connectivity index (χ0v) is 13.5. The molecule has 3 rings (SSSR count). The molecule has 0 bridgehead atoms. The molecule has 0 aliphatic heterocycles. The average Bonchev–Trinajstić information content (AvgIpc) is 2.59. The number of hydrogen-bond donors (Lipinski definition) is 2. The van der Waals surface area contributed by atoms with Gasteiger partial charge in [0.15, 0.2) is 0 Å². The predicted molar refractivity (Wildman–Crippen MR) is 92.3 cm³/mol. The second kappa shape index (κ2) is 6.68. The molecular formula is C19H16FN3O2. The summed E-state index contributed by atoms with van der Waals surface area (Å²) >= 11 is 0. The summed E-state index contributed by atoms with van der Waals surface area (Å²) in [4.78, 5) is 28.6. The molecule has 0 spiro atoms. The van der Waals surface area contributed by atoms with Gasteiger partial charge in [-0.3, -0.25) is 14.6 Å². The lowest BCUT2D eigenvalue weighted by Gasteiger charge is -2.17. The summed E-state index contributed by atoms with van der Waals surface area (Å²) in [5.74, 6) is -1.52. The van der Waals surface area contributed by atoms with Crippen molar-refractivity contribution < 1.29 is 14.0 Å². The molecule has 0 fully saturated rings. The highest BCUT2D eigenvalue weighted by atomic mass is 19.1. The second-order valence-corrected chi connectivity index (χ2v) is 5.68. The molecule has 1 aromatic heterocycles. The van der Waals surface area contributed by atoms with Crippen LogP contribution >= 0.6 is 0 Å². The molecule has 2 amide bonds. The fraction of sp³-hybridized carbons (Fsp3) is 0.105. The zero-order chi connectivity index (χ0) is 18.0. The standard InChI is InChI=1S/C19H16FN3O2/c1-11-15(9-13-7-8-14(20)10-16(13)22-11)19(25)23-17(18(21)24)12-5-3-2-4-6-12/h2-10,17H,1H3,(H2,21,24)(H,23,25). The molecule has 0 saturated heterocycles. The Morgan fingerprint density at radius 3 is 2.52 bits per heavy atom. The Labute approximate surface area is 143 Å². The van der Waals surface area contributed by atoms with Crippen molar-refractivity contribution in [2.45, 2.75) is 13.0 Å². The van der Waals surface area contributed by atoms with Gasteiger partial charge in [0.1, 0.15) is 11.9 Å². The Kier molecular flexibility index (Phi) is 4.43. The van der Waals surface area contributed by atoms with Crippen molar-refractivity contribution in [2.24, 2.45) is 5.73 Å². The van der Waals surface area contributed by atoms with E-state index in [0.29, 0.717) is 27.7 Å². The normalized spacial score (nSPS) is 11.9. The SMILES string of the molecule is Cc1nc2cc(F)ccc2cc1C(=O)NC(C(N)=O)c1ccccc1. The van der Waals surface area contributed by atoms with Gasteiger partial charge in [-0.1, -0.05) is 30.3 Å². The van der Waals surface area contributed by atoms with Crippen LogP contribution in [0.15, 0.2) is 54.6 Å². The number of nitrogens with one attached hydrogen (secondary N) is 1. The van der Waals surface area contributed by atoms with Crippen molar-refractivity contribution in [1.29, 1.82) is 0 Å². The second-order valence-electron chi connectivity index (χ2n) is 5.68. The maximum absolute atomic E-state index is 13.3. The van der Waals surface area contributed by atoms with Gasteiger partial charge < -0.3 is 11.1 Å². The number of hydrogen-bond acceptors (Lipinski definition) is 3. The zero-order valence-electron chi connectivity index (χ0n) is 13.5. The molecule has 0 radical (unpaired) electrons. The van der Waals surface area contributed by atoms with E-state index in [2.05, 4.69) is 10.3 Å². The van der Waals surface area contributed by atoms with Crippen LogP contribution in [0, 0.1) is 12.7 Å². The lowest BCUT2D eigenvalue weighted by Crippen LogP contribution is -2.37. The summed E-state index contributed by atoms with van der Waals surface area (Å²) < 4.78 is 13.3. The molecule has 6 heteroatoms. The number of carbonyl (C=O) groups is 2. The summed E-state index contributed by atoms with van der Waals surface area (Å²) in [5.41, 5.74) is 7.23. The number of nitrogens with two attached hydrogens (primary N) is 1. The molecule has 2 aromatic carbocycles. The highest BCUT2D eigenvalue weighted by Crippen LogP contribution is 2.19. The number of nitrogens with zero attached hydrogens (tertiary/aromatic N) is 1. The van der Waals surface area contributed by atoms with Gasteiger partial charge in [0.25, 0.3) is 5.91 Å². The van der Waals surface area contributed by atoms with Gasteiger partial charge in [-0.2, -0.15) is 0 Å². The Hall–Kier alpha value is -3.28. The number of halogens is 1. The predicted octanol–water partition coefficient (Wildman–Crippen LogP) is 2.64. The van der Waals surface area contributed by atoms with Gasteiger partial charge in [0, 0.05) is 11.5 Å². The maximum Gasteiger partial charge on any atom is 0.254 e. The molecule has 126 valence electrons. The Balaban J connectivity index is 1.94. The molecule has 0 aliphatic rings. The van der Waals surface area contributed by atoms with Gasteiger partial charge in [-0.15, -0.1) is 0 Å². The van der Waals surface area contributed by atoms with Gasteiger partial charge >= 0.3 is 0 Å². The highest BCUT2D eigenvalue weighted by molar-refractivity contribution is 6.00. The minimum atomic E-state index is -0.947.